The molecular formula is C28H25N9O2. The third-order valence-electron chi connectivity index (χ3n) is 6.90. The molecule has 4 aromatic heterocycles. The summed E-state index contributed by atoms with van der Waals surface area (Å²) in [6.45, 7) is 2.17. The summed E-state index contributed by atoms with van der Waals surface area (Å²) in [5.41, 5.74) is 4.52. The first-order chi connectivity index (χ1) is 19.0. The second-order valence-corrected chi connectivity index (χ2v) is 9.37. The summed E-state index contributed by atoms with van der Waals surface area (Å²) in [7, 11) is 1.84. The van der Waals surface area contributed by atoms with Gasteiger partial charge in [0, 0.05) is 56.7 Å². The molecule has 1 aliphatic heterocycles. The molecule has 0 radical (unpaired) electrons. The van der Waals surface area contributed by atoms with Crippen LogP contribution in [0.3, 0.4) is 0 Å². The molecule has 0 saturated carbocycles. The summed E-state index contributed by atoms with van der Waals surface area (Å²) >= 11 is 0. The van der Waals surface area contributed by atoms with E-state index in [1.54, 1.807) is 44.8 Å². The summed E-state index contributed by atoms with van der Waals surface area (Å²) in [5.74, 6) is 0.491. The molecule has 1 fully saturated rings. The Bertz CT molecular complexity index is 1680. The molecule has 1 aromatic carbocycles. The number of carbonyl (C=O) groups excluding carboxylic acids is 1. The van der Waals surface area contributed by atoms with Gasteiger partial charge in [-0.25, -0.2) is 14.5 Å². The number of benzene rings is 1. The highest BCUT2D eigenvalue weighted by Gasteiger charge is 2.27. The highest BCUT2D eigenvalue weighted by Crippen LogP contribution is 2.29. The average molecular weight is 520 g/mol. The number of nitriles is 1. The summed E-state index contributed by atoms with van der Waals surface area (Å²) in [6.07, 6.45) is 7.51. The zero-order chi connectivity index (χ0) is 26.9. The predicted molar refractivity (Wildman–Crippen MR) is 143 cm³/mol. The number of fused-ring (bicyclic) bond motifs is 1. The number of hydrogen-bond acceptors (Lipinski definition) is 8. The number of rotatable bonds is 5. The maximum Gasteiger partial charge on any atom is 0.256 e. The number of aromatic nitrogens is 6. The third kappa shape index (κ3) is 4.58. The van der Waals surface area contributed by atoms with Gasteiger partial charge in [-0.3, -0.25) is 9.48 Å². The Labute approximate surface area is 224 Å². The second kappa shape index (κ2) is 10.00. The van der Waals surface area contributed by atoms with Crippen molar-refractivity contribution in [3.05, 3.63) is 84.6 Å². The maximum absolute atomic E-state index is 12.8. The van der Waals surface area contributed by atoms with Gasteiger partial charge >= 0.3 is 0 Å². The highest BCUT2D eigenvalue weighted by atomic mass is 16.3. The lowest BCUT2D eigenvalue weighted by atomic mass is 10.1. The first kappa shape index (κ1) is 24.3. The van der Waals surface area contributed by atoms with Crippen molar-refractivity contribution in [2.75, 3.05) is 31.1 Å². The molecule has 11 nitrogen and oxygen atoms in total. The number of aryl methyl sites for hydroxylation is 1. The van der Waals surface area contributed by atoms with E-state index in [9.17, 15) is 15.2 Å². The van der Waals surface area contributed by atoms with Crippen molar-refractivity contribution in [3.8, 4) is 28.6 Å². The second-order valence-electron chi connectivity index (χ2n) is 9.37. The van der Waals surface area contributed by atoms with Crippen LogP contribution in [-0.4, -0.2) is 71.5 Å². The van der Waals surface area contributed by atoms with Gasteiger partial charge in [-0.2, -0.15) is 15.5 Å². The smallest absolute Gasteiger partial charge is 0.256 e. The molecule has 0 aliphatic carbocycles. The van der Waals surface area contributed by atoms with Gasteiger partial charge in [0.2, 0.25) is 0 Å². The molecule has 1 amide bonds. The van der Waals surface area contributed by atoms with E-state index in [4.69, 9.17) is 4.98 Å². The van der Waals surface area contributed by atoms with Gasteiger partial charge in [-0.15, -0.1) is 0 Å². The van der Waals surface area contributed by atoms with Gasteiger partial charge < -0.3 is 14.9 Å². The van der Waals surface area contributed by atoms with E-state index >= 15 is 0 Å². The van der Waals surface area contributed by atoms with E-state index in [2.05, 4.69) is 26.2 Å². The minimum Gasteiger partial charge on any atom is -0.378 e. The van der Waals surface area contributed by atoms with Crippen molar-refractivity contribution < 1.29 is 9.90 Å². The van der Waals surface area contributed by atoms with Gasteiger partial charge in [0.25, 0.3) is 5.91 Å². The normalized spacial score (nSPS) is 14.4. The monoisotopic (exact) mass is 519 g/mol. The van der Waals surface area contributed by atoms with Crippen LogP contribution in [0.1, 0.15) is 17.2 Å². The molecule has 11 heteroatoms. The number of piperazine rings is 1. The van der Waals surface area contributed by atoms with Crippen molar-refractivity contribution in [2.45, 2.75) is 6.10 Å². The number of anilines is 1. The van der Waals surface area contributed by atoms with Gasteiger partial charge in [-0.1, -0.05) is 30.3 Å². The lowest BCUT2D eigenvalue weighted by Gasteiger charge is -2.36. The van der Waals surface area contributed by atoms with Gasteiger partial charge in [0.05, 0.1) is 30.0 Å². The first-order valence-corrected chi connectivity index (χ1v) is 12.5. The molecule has 1 atom stereocenters. The minimum atomic E-state index is -1.16. The molecule has 0 unspecified atom stereocenters. The lowest BCUT2D eigenvalue weighted by molar-refractivity contribution is -0.140. The van der Waals surface area contributed by atoms with Crippen LogP contribution in [0.15, 0.2) is 73.4 Å². The molecule has 0 bridgehead atoms. The van der Waals surface area contributed by atoms with Crippen LogP contribution in [0.4, 0.5) is 5.82 Å². The van der Waals surface area contributed by atoms with E-state index < -0.39 is 6.10 Å². The molecule has 39 heavy (non-hydrogen) atoms. The van der Waals surface area contributed by atoms with E-state index in [0.717, 1.165) is 16.9 Å². The molecule has 1 saturated heterocycles. The van der Waals surface area contributed by atoms with Gasteiger partial charge in [0.1, 0.15) is 23.0 Å². The summed E-state index contributed by atoms with van der Waals surface area (Å²) in [4.78, 5) is 26.2. The molecule has 5 heterocycles. The molecule has 6 rings (SSSR count). The predicted octanol–water partition coefficient (Wildman–Crippen LogP) is 2.45. The van der Waals surface area contributed by atoms with Crippen LogP contribution in [0.25, 0.3) is 28.0 Å². The van der Waals surface area contributed by atoms with Crippen molar-refractivity contribution in [1.82, 2.24) is 34.3 Å². The van der Waals surface area contributed by atoms with Crippen molar-refractivity contribution >= 4 is 17.2 Å². The fraction of sp³-hybridized carbons (Fsp3) is 0.214. The zero-order valence-corrected chi connectivity index (χ0v) is 21.2. The van der Waals surface area contributed by atoms with Crippen molar-refractivity contribution in [1.29, 1.82) is 5.26 Å². The number of carbonyl (C=O) groups is 1. The Kier molecular flexibility index (Phi) is 6.22. The summed E-state index contributed by atoms with van der Waals surface area (Å²) in [5, 5.41) is 28.7. The number of pyridine rings is 1. The van der Waals surface area contributed by atoms with Crippen molar-refractivity contribution in [2.24, 2.45) is 7.05 Å². The Hall–Kier alpha value is -5.08. The maximum atomic E-state index is 12.8. The number of amides is 1. The van der Waals surface area contributed by atoms with Crippen LogP contribution in [0.5, 0.6) is 0 Å². The van der Waals surface area contributed by atoms with E-state index in [1.165, 1.54) is 6.20 Å². The Morgan fingerprint density at radius 1 is 0.974 bits per heavy atom. The van der Waals surface area contributed by atoms with Crippen LogP contribution >= 0.6 is 0 Å². The molecular weight excluding hydrogens is 494 g/mol. The molecule has 0 spiro atoms. The standard InChI is InChI=1S/C28H25N9O2/c1-34-17-22(16-31-34)23-18-37-26(21(13-29)15-32-37)25(33-23)20-7-8-24(30-14-20)35-9-11-36(12-10-35)28(39)27(38)19-5-3-2-4-6-19/h2-8,14-18,27,38H,9-12H2,1H3/t27-/m1/s1. The molecule has 1 aliphatic rings. The number of nitrogens with zero attached hydrogens (tertiary/aromatic N) is 9. The largest absolute Gasteiger partial charge is 0.378 e. The van der Waals surface area contributed by atoms with Crippen LogP contribution in [0.2, 0.25) is 0 Å². The van der Waals surface area contributed by atoms with E-state index in [0.29, 0.717) is 54.2 Å². The van der Waals surface area contributed by atoms with Gasteiger partial charge in [-0.05, 0) is 17.7 Å². The summed E-state index contributed by atoms with van der Waals surface area (Å²) < 4.78 is 3.37. The topological polar surface area (TPSA) is 128 Å². The van der Waals surface area contributed by atoms with Crippen LogP contribution < -0.4 is 4.90 Å². The van der Waals surface area contributed by atoms with Crippen LogP contribution in [0, 0.1) is 11.3 Å². The van der Waals surface area contributed by atoms with Crippen molar-refractivity contribution in [3.63, 3.8) is 0 Å². The molecule has 5 aromatic rings. The molecule has 194 valence electrons. The first-order valence-electron chi connectivity index (χ1n) is 12.5. The zero-order valence-electron chi connectivity index (χ0n) is 21.2. The number of aliphatic hydroxyl groups excluding tert-OH is 1. The van der Waals surface area contributed by atoms with E-state index in [-0.39, 0.29) is 5.91 Å². The Morgan fingerprint density at radius 3 is 2.44 bits per heavy atom. The Balaban J connectivity index is 1.22. The highest BCUT2D eigenvalue weighted by molar-refractivity contribution is 5.83. The van der Waals surface area contributed by atoms with E-state index in [1.807, 2.05) is 43.6 Å². The number of aliphatic hydroxyl groups is 1. The quantitative estimate of drug-likeness (QED) is 0.375. The Morgan fingerprint density at radius 2 is 1.77 bits per heavy atom. The fourth-order valence-corrected chi connectivity index (χ4v) is 4.81. The SMILES string of the molecule is Cn1cc(-c2cn3ncc(C#N)c3c(-c3ccc(N4CCN(C(=O)[C@H](O)c5ccccc5)CC4)nc3)n2)cn1. The number of hydrogen-bond donors (Lipinski definition) is 1. The fourth-order valence-electron chi connectivity index (χ4n) is 4.81. The average Bonchev–Trinajstić information content (AvgIpc) is 3.62. The lowest BCUT2D eigenvalue weighted by Crippen LogP contribution is -2.50. The minimum absolute atomic E-state index is 0.290. The summed E-state index contributed by atoms with van der Waals surface area (Å²) in [6, 6.07) is 15.0. The third-order valence-corrected chi connectivity index (χ3v) is 6.90. The molecule has 1 N–H and O–H groups in total. The van der Waals surface area contributed by atoms with Crippen LogP contribution in [-0.2, 0) is 11.8 Å². The van der Waals surface area contributed by atoms with Gasteiger partial charge in [0.15, 0.2) is 6.10 Å².